The summed E-state index contributed by atoms with van der Waals surface area (Å²) in [4.78, 5) is 36.1. The molecule has 0 aliphatic carbocycles. The molecule has 9 nitrogen and oxygen atoms in total. The van der Waals surface area contributed by atoms with Gasteiger partial charge < -0.3 is 30.2 Å². The van der Waals surface area contributed by atoms with Gasteiger partial charge in [0.15, 0.2) is 12.2 Å². The first-order valence-electron chi connectivity index (χ1n) is 9.68. The van der Waals surface area contributed by atoms with Gasteiger partial charge in [-0.15, -0.1) is 11.3 Å². The Labute approximate surface area is 185 Å². The zero-order chi connectivity index (χ0) is 23.7. The summed E-state index contributed by atoms with van der Waals surface area (Å²) in [6, 6.07) is 6.46. The van der Waals surface area contributed by atoms with E-state index in [0.29, 0.717) is 6.42 Å². The highest BCUT2D eigenvalue weighted by Crippen LogP contribution is 2.27. The number of carboxylic acid groups (broad SMARTS) is 2. The number of carboxylic acids is 2. The minimum Gasteiger partial charge on any atom is -0.479 e. The van der Waals surface area contributed by atoms with Gasteiger partial charge in [0.1, 0.15) is 0 Å². The molecule has 1 aromatic heterocycles. The van der Waals surface area contributed by atoms with E-state index in [9.17, 15) is 14.4 Å². The van der Waals surface area contributed by atoms with Crippen LogP contribution in [0.2, 0.25) is 0 Å². The van der Waals surface area contributed by atoms with Crippen molar-refractivity contribution in [3.05, 3.63) is 34.7 Å². The number of carbonyl (C=O) groups excluding carboxylic acids is 1. The lowest BCUT2D eigenvalue weighted by Gasteiger charge is -2.22. The number of aryl methyl sites for hydroxylation is 1. The van der Waals surface area contributed by atoms with E-state index in [-0.39, 0.29) is 5.91 Å². The van der Waals surface area contributed by atoms with Crippen molar-refractivity contribution in [3.63, 3.8) is 0 Å². The van der Waals surface area contributed by atoms with Gasteiger partial charge in [-0.05, 0) is 50.3 Å². The highest BCUT2D eigenvalue weighted by molar-refractivity contribution is 7.17. The first kappa shape index (κ1) is 26.5. The molecule has 0 radical (unpaired) electrons. The van der Waals surface area contributed by atoms with Crippen molar-refractivity contribution in [2.75, 3.05) is 33.7 Å². The van der Waals surface area contributed by atoms with Crippen LogP contribution in [-0.4, -0.2) is 94.0 Å². The Hall–Kier alpha value is -2.53. The molecule has 1 amide bonds. The van der Waals surface area contributed by atoms with Crippen LogP contribution in [0.15, 0.2) is 23.6 Å². The summed E-state index contributed by atoms with van der Waals surface area (Å²) in [6.07, 6.45) is -4.03. The number of aliphatic hydroxyl groups is 2. The third-order valence-corrected chi connectivity index (χ3v) is 5.52. The molecule has 0 saturated carbocycles. The van der Waals surface area contributed by atoms with Crippen LogP contribution in [0, 0.1) is 6.92 Å². The lowest BCUT2D eigenvalue weighted by atomic mass is 10.1. The van der Waals surface area contributed by atoms with Crippen molar-refractivity contribution in [1.29, 1.82) is 0 Å². The number of rotatable bonds is 9. The molecule has 172 valence electrons. The molecular weight excluding hydrogens is 424 g/mol. The molecule has 1 aromatic carbocycles. The van der Waals surface area contributed by atoms with Gasteiger partial charge in [0.25, 0.3) is 0 Å². The van der Waals surface area contributed by atoms with Crippen molar-refractivity contribution < 1.29 is 34.8 Å². The van der Waals surface area contributed by atoms with Crippen LogP contribution >= 0.6 is 11.3 Å². The normalized spacial score (nSPS) is 12.7. The standard InChI is InChI=1S/C17H24N2OS.C4H6O6/c1-5-19(9-8-18(3)4)17(20)11-14-12-21-16-7-6-13(2)10-15(14)16;5-1(3(7)8)2(6)4(9)10/h6-7,10,12H,5,8-9,11H2,1-4H3;1-2,5-6H,(H,7,8)(H,9,10). The second kappa shape index (κ2) is 12.4. The van der Waals surface area contributed by atoms with Gasteiger partial charge in [-0.3, -0.25) is 4.79 Å². The minimum absolute atomic E-state index is 0.223. The van der Waals surface area contributed by atoms with E-state index < -0.39 is 24.1 Å². The molecule has 4 N–H and O–H groups in total. The van der Waals surface area contributed by atoms with Gasteiger partial charge in [-0.25, -0.2) is 9.59 Å². The zero-order valence-electron chi connectivity index (χ0n) is 18.1. The number of aliphatic hydroxyl groups excluding tert-OH is 2. The minimum atomic E-state index is -2.27. The van der Waals surface area contributed by atoms with Gasteiger partial charge in [-0.1, -0.05) is 17.7 Å². The maximum atomic E-state index is 12.5. The second-order valence-electron chi connectivity index (χ2n) is 7.28. The number of aliphatic carboxylic acids is 2. The third kappa shape index (κ3) is 8.25. The second-order valence-corrected chi connectivity index (χ2v) is 8.19. The Morgan fingerprint density at radius 3 is 2.10 bits per heavy atom. The number of fused-ring (bicyclic) bond motifs is 1. The fraction of sp³-hybridized carbons (Fsp3) is 0.476. The number of thiophene rings is 1. The molecule has 10 heteroatoms. The number of carbonyl (C=O) groups is 3. The van der Waals surface area contributed by atoms with Gasteiger partial charge in [0.05, 0.1) is 6.42 Å². The fourth-order valence-corrected chi connectivity index (χ4v) is 3.60. The average Bonchev–Trinajstić information content (AvgIpc) is 3.09. The van der Waals surface area contributed by atoms with Crippen LogP contribution in [0.25, 0.3) is 10.1 Å². The van der Waals surface area contributed by atoms with Gasteiger partial charge >= 0.3 is 11.9 Å². The summed E-state index contributed by atoms with van der Waals surface area (Å²) in [7, 11) is 4.07. The van der Waals surface area contributed by atoms with E-state index in [2.05, 4.69) is 35.4 Å². The SMILES string of the molecule is CCN(CCN(C)C)C(=O)Cc1csc2ccc(C)cc12.O=C(O)C(O)C(O)C(=O)O. The van der Waals surface area contributed by atoms with Crippen molar-refractivity contribution in [3.8, 4) is 0 Å². The van der Waals surface area contributed by atoms with E-state index >= 15 is 0 Å². The first-order chi connectivity index (χ1) is 14.5. The predicted molar refractivity (Wildman–Crippen MR) is 118 cm³/mol. The van der Waals surface area contributed by atoms with Crippen LogP contribution in [0.5, 0.6) is 0 Å². The van der Waals surface area contributed by atoms with Gasteiger partial charge in [0.2, 0.25) is 5.91 Å². The smallest absolute Gasteiger partial charge is 0.335 e. The largest absolute Gasteiger partial charge is 0.479 e. The Balaban J connectivity index is 0.000000407. The predicted octanol–water partition coefficient (Wildman–Crippen LogP) is 1.04. The molecule has 31 heavy (non-hydrogen) atoms. The lowest BCUT2D eigenvalue weighted by molar-refractivity contribution is -0.165. The molecule has 2 unspecified atom stereocenters. The number of nitrogens with zero attached hydrogens (tertiary/aromatic N) is 2. The number of amides is 1. The quantitative estimate of drug-likeness (QED) is 0.441. The van der Waals surface area contributed by atoms with Gasteiger partial charge in [0, 0.05) is 24.3 Å². The van der Waals surface area contributed by atoms with Crippen LogP contribution in [0.4, 0.5) is 0 Å². The number of benzene rings is 1. The summed E-state index contributed by atoms with van der Waals surface area (Å²) < 4.78 is 1.26. The Morgan fingerprint density at radius 2 is 1.61 bits per heavy atom. The van der Waals surface area contributed by atoms with Gasteiger partial charge in [-0.2, -0.15) is 0 Å². The topological polar surface area (TPSA) is 139 Å². The Kier molecular flexibility index (Phi) is 10.6. The summed E-state index contributed by atoms with van der Waals surface area (Å²) >= 11 is 1.72. The van der Waals surface area contributed by atoms with E-state index in [1.165, 1.54) is 15.6 Å². The highest BCUT2D eigenvalue weighted by atomic mass is 32.1. The Morgan fingerprint density at radius 1 is 1.03 bits per heavy atom. The summed E-state index contributed by atoms with van der Waals surface area (Å²) in [5.41, 5.74) is 2.40. The maximum Gasteiger partial charge on any atom is 0.335 e. The van der Waals surface area contributed by atoms with E-state index in [0.717, 1.165) is 25.2 Å². The van der Waals surface area contributed by atoms with E-state index in [1.54, 1.807) is 11.3 Å². The first-order valence-corrected chi connectivity index (χ1v) is 10.6. The monoisotopic (exact) mass is 454 g/mol. The zero-order valence-corrected chi connectivity index (χ0v) is 18.9. The van der Waals surface area contributed by atoms with E-state index in [1.807, 2.05) is 25.9 Å². The van der Waals surface area contributed by atoms with Crippen LogP contribution in [0.3, 0.4) is 0 Å². The van der Waals surface area contributed by atoms with Crippen LogP contribution < -0.4 is 0 Å². The molecular formula is C21H30N2O7S. The molecule has 0 spiro atoms. The van der Waals surface area contributed by atoms with Crippen molar-refractivity contribution >= 4 is 39.3 Å². The third-order valence-electron chi connectivity index (χ3n) is 4.51. The van der Waals surface area contributed by atoms with Crippen LogP contribution in [-0.2, 0) is 20.8 Å². The molecule has 0 aliphatic rings. The average molecular weight is 455 g/mol. The molecule has 0 saturated heterocycles. The van der Waals surface area contributed by atoms with Crippen LogP contribution in [0.1, 0.15) is 18.1 Å². The molecule has 0 fully saturated rings. The molecule has 2 aromatic rings. The molecule has 2 atom stereocenters. The number of hydrogen-bond acceptors (Lipinski definition) is 7. The summed E-state index contributed by atoms with van der Waals surface area (Å²) in [6.45, 7) is 6.61. The summed E-state index contributed by atoms with van der Waals surface area (Å²) in [5.74, 6) is -3.31. The molecule has 1 heterocycles. The van der Waals surface area contributed by atoms with Crippen molar-refractivity contribution in [1.82, 2.24) is 9.80 Å². The fourth-order valence-electron chi connectivity index (χ4n) is 2.66. The number of likely N-dealkylation sites (N-methyl/N-ethyl adjacent to an activating group) is 2. The maximum absolute atomic E-state index is 12.5. The summed E-state index contributed by atoms with van der Waals surface area (Å²) in [5, 5.41) is 35.9. The highest BCUT2D eigenvalue weighted by Gasteiger charge is 2.29. The lowest BCUT2D eigenvalue weighted by Crippen LogP contribution is -2.39. The molecule has 0 aliphatic heterocycles. The molecule has 2 rings (SSSR count). The molecule has 0 bridgehead atoms. The van der Waals surface area contributed by atoms with Crippen molar-refractivity contribution in [2.45, 2.75) is 32.5 Å². The number of hydrogen-bond donors (Lipinski definition) is 4. The Bertz CT molecular complexity index is 879. The van der Waals surface area contributed by atoms with E-state index in [4.69, 9.17) is 20.4 Å². The van der Waals surface area contributed by atoms with Crippen molar-refractivity contribution in [2.24, 2.45) is 0 Å².